The van der Waals surface area contributed by atoms with Crippen LogP contribution in [-0.2, 0) is 12.8 Å². The fourth-order valence-electron chi connectivity index (χ4n) is 3.10. The Morgan fingerprint density at radius 2 is 2.03 bits per heavy atom. The molecule has 4 aromatic rings. The second-order valence-corrected chi connectivity index (χ2v) is 8.39. The van der Waals surface area contributed by atoms with Gasteiger partial charge in [-0.3, -0.25) is 14.8 Å². The molecule has 0 unspecified atom stereocenters. The Balaban J connectivity index is 1.57. The van der Waals surface area contributed by atoms with Crippen LogP contribution in [0.2, 0.25) is 5.02 Å². The minimum Gasteiger partial charge on any atom is -0.361 e. The topological polar surface area (TPSA) is 81.8 Å². The maximum Gasteiger partial charge on any atom is 0.170 e. The van der Waals surface area contributed by atoms with Crippen molar-refractivity contribution in [3.8, 4) is 22.0 Å². The van der Waals surface area contributed by atoms with Gasteiger partial charge in [-0.1, -0.05) is 23.7 Å². The van der Waals surface area contributed by atoms with Crippen molar-refractivity contribution < 1.29 is 9.32 Å². The number of rotatable bonds is 6. The normalized spacial score (nSPS) is 11.1. The minimum absolute atomic E-state index is 0.0608. The molecule has 0 saturated heterocycles. The first kappa shape index (κ1) is 20.4. The first-order valence-corrected chi connectivity index (χ1v) is 10.7. The summed E-state index contributed by atoms with van der Waals surface area (Å²) in [7, 11) is 0. The van der Waals surface area contributed by atoms with Gasteiger partial charge in [-0.05, 0) is 38.0 Å². The highest BCUT2D eigenvalue weighted by Crippen LogP contribution is 2.33. The number of Topliss-reactive ketones (excluding diaryl/α,β-unsaturated/α-hetero) is 1. The van der Waals surface area contributed by atoms with E-state index in [9.17, 15) is 4.79 Å². The lowest BCUT2D eigenvalue weighted by atomic mass is 10.0. The van der Waals surface area contributed by atoms with Crippen LogP contribution < -0.4 is 0 Å². The molecule has 0 atom stereocenters. The SMILES string of the molecule is CCc1sc(-c2cc(C)on2)nc1-c1ccc(CC(=O)c2cncc(Cl)c2C)nc1. The number of aryl methyl sites for hydroxylation is 2. The zero-order valence-corrected chi connectivity index (χ0v) is 18.3. The molecule has 0 aliphatic rings. The molecule has 8 heteroatoms. The average Bonchev–Trinajstić information content (AvgIpc) is 3.36. The highest BCUT2D eigenvalue weighted by Gasteiger charge is 2.17. The molecule has 0 aromatic carbocycles. The van der Waals surface area contributed by atoms with Crippen LogP contribution in [0.1, 0.15) is 39.2 Å². The van der Waals surface area contributed by atoms with E-state index in [1.165, 1.54) is 6.20 Å². The summed E-state index contributed by atoms with van der Waals surface area (Å²) >= 11 is 7.68. The fraction of sp³-hybridized carbons (Fsp3) is 0.227. The van der Waals surface area contributed by atoms with Gasteiger partial charge in [0.2, 0.25) is 0 Å². The van der Waals surface area contributed by atoms with Gasteiger partial charge in [0.05, 0.1) is 17.1 Å². The van der Waals surface area contributed by atoms with Crippen LogP contribution in [0.5, 0.6) is 0 Å². The number of carbonyl (C=O) groups excluding carboxylic acids is 1. The number of hydrogen-bond acceptors (Lipinski definition) is 7. The van der Waals surface area contributed by atoms with Crippen LogP contribution in [0.25, 0.3) is 22.0 Å². The number of carbonyl (C=O) groups is 1. The molecule has 152 valence electrons. The van der Waals surface area contributed by atoms with Gasteiger partial charge >= 0.3 is 0 Å². The van der Waals surface area contributed by atoms with Crippen LogP contribution in [0.3, 0.4) is 0 Å². The fourth-order valence-corrected chi connectivity index (χ4v) is 4.24. The summed E-state index contributed by atoms with van der Waals surface area (Å²) in [5.41, 5.74) is 4.47. The summed E-state index contributed by atoms with van der Waals surface area (Å²) in [6.45, 7) is 5.77. The summed E-state index contributed by atoms with van der Waals surface area (Å²) in [6, 6.07) is 5.69. The van der Waals surface area contributed by atoms with E-state index >= 15 is 0 Å². The highest BCUT2D eigenvalue weighted by atomic mass is 35.5. The molecule has 0 bridgehead atoms. The molecule has 0 fully saturated rings. The summed E-state index contributed by atoms with van der Waals surface area (Å²) in [6.07, 6.45) is 5.88. The largest absolute Gasteiger partial charge is 0.361 e. The second-order valence-electron chi connectivity index (χ2n) is 6.90. The van der Waals surface area contributed by atoms with Crippen LogP contribution in [0.15, 0.2) is 41.3 Å². The number of halogens is 1. The van der Waals surface area contributed by atoms with Gasteiger partial charge in [-0.25, -0.2) is 4.98 Å². The van der Waals surface area contributed by atoms with Crippen molar-refractivity contribution in [1.29, 1.82) is 0 Å². The van der Waals surface area contributed by atoms with Crippen molar-refractivity contribution in [3.63, 3.8) is 0 Å². The third kappa shape index (κ3) is 4.04. The standard InChI is InChI=1S/C22H19ClN4O2S/c1-4-20-21(26-22(30-20)18-7-12(2)29-27-18)14-5-6-15(25-9-14)8-19(28)16-10-24-11-17(23)13(16)3/h5-7,9-11H,4,8H2,1-3H3. The number of pyridine rings is 2. The quantitative estimate of drug-likeness (QED) is 0.369. The Morgan fingerprint density at radius 1 is 1.20 bits per heavy atom. The third-order valence-corrected chi connectivity index (χ3v) is 6.36. The van der Waals surface area contributed by atoms with E-state index in [0.717, 1.165) is 44.6 Å². The van der Waals surface area contributed by atoms with E-state index in [0.29, 0.717) is 16.3 Å². The van der Waals surface area contributed by atoms with Gasteiger partial charge in [0.25, 0.3) is 0 Å². The summed E-state index contributed by atoms with van der Waals surface area (Å²) in [4.78, 5) is 27.1. The number of aromatic nitrogens is 4. The van der Waals surface area contributed by atoms with Gasteiger partial charge in [-0.15, -0.1) is 11.3 Å². The lowest BCUT2D eigenvalue weighted by molar-refractivity contribution is 0.0991. The van der Waals surface area contributed by atoms with Crippen molar-refractivity contribution in [1.82, 2.24) is 20.1 Å². The average molecular weight is 439 g/mol. The van der Waals surface area contributed by atoms with Crippen molar-refractivity contribution in [2.75, 3.05) is 0 Å². The Kier molecular flexibility index (Phi) is 5.74. The van der Waals surface area contributed by atoms with Crippen LogP contribution in [-0.4, -0.2) is 25.9 Å². The Hall–Kier alpha value is -2.90. The third-order valence-electron chi connectivity index (χ3n) is 4.76. The molecule has 0 saturated carbocycles. The van der Waals surface area contributed by atoms with Gasteiger partial charge < -0.3 is 4.52 Å². The van der Waals surface area contributed by atoms with Gasteiger partial charge in [0, 0.05) is 46.4 Å². The van der Waals surface area contributed by atoms with Gasteiger partial charge in [0.15, 0.2) is 5.78 Å². The Labute approximate surface area is 183 Å². The first-order valence-electron chi connectivity index (χ1n) is 9.48. The summed E-state index contributed by atoms with van der Waals surface area (Å²) in [5.74, 6) is 0.690. The molecule has 4 heterocycles. The summed E-state index contributed by atoms with van der Waals surface area (Å²) < 4.78 is 5.17. The van der Waals surface area contributed by atoms with E-state index < -0.39 is 0 Å². The lowest BCUT2D eigenvalue weighted by Crippen LogP contribution is -2.08. The molecule has 6 nitrogen and oxygen atoms in total. The molecule has 0 aliphatic heterocycles. The molecule has 30 heavy (non-hydrogen) atoms. The van der Waals surface area contributed by atoms with E-state index in [2.05, 4.69) is 22.0 Å². The molecular weight excluding hydrogens is 420 g/mol. The monoisotopic (exact) mass is 438 g/mol. The van der Waals surface area contributed by atoms with Crippen molar-refractivity contribution >= 4 is 28.7 Å². The molecule has 0 N–H and O–H groups in total. The predicted molar refractivity (Wildman–Crippen MR) is 117 cm³/mol. The molecule has 0 amide bonds. The zero-order chi connectivity index (χ0) is 21.3. The van der Waals surface area contributed by atoms with Crippen LogP contribution in [0.4, 0.5) is 0 Å². The van der Waals surface area contributed by atoms with E-state index in [4.69, 9.17) is 21.1 Å². The second kappa shape index (κ2) is 8.45. The lowest BCUT2D eigenvalue weighted by Gasteiger charge is -2.06. The van der Waals surface area contributed by atoms with Crippen molar-refractivity contribution in [2.24, 2.45) is 0 Å². The smallest absolute Gasteiger partial charge is 0.170 e. The molecule has 4 rings (SSSR count). The molecular formula is C22H19ClN4O2S. The van der Waals surface area contributed by atoms with Gasteiger partial charge in [0.1, 0.15) is 16.5 Å². The molecule has 0 aliphatic carbocycles. The number of hydrogen-bond donors (Lipinski definition) is 0. The highest BCUT2D eigenvalue weighted by molar-refractivity contribution is 7.15. The van der Waals surface area contributed by atoms with E-state index in [1.54, 1.807) is 23.7 Å². The zero-order valence-electron chi connectivity index (χ0n) is 16.8. The van der Waals surface area contributed by atoms with E-state index in [1.807, 2.05) is 32.0 Å². The maximum absolute atomic E-state index is 12.6. The number of ketones is 1. The van der Waals surface area contributed by atoms with Gasteiger partial charge in [-0.2, -0.15) is 0 Å². The van der Waals surface area contributed by atoms with Crippen LogP contribution >= 0.6 is 22.9 Å². The minimum atomic E-state index is -0.0608. The van der Waals surface area contributed by atoms with Crippen molar-refractivity contribution in [2.45, 2.75) is 33.6 Å². The predicted octanol–water partition coefficient (Wildman–Crippen LogP) is 5.51. The van der Waals surface area contributed by atoms with Crippen LogP contribution in [0, 0.1) is 13.8 Å². The maximum atomic E-state index is 12.6. The number of thiazole rings is 1. The number of nitrogens with zero attached hydrogens (tertiary/aromatic N) is 4. The first-order chi connectivity index (χ1) is 14.5. The molecule has 0 spiro atoms. The molecule has 4 aromatic heterocycles. The van der Waals surface area contributed by atoms with E-state index in [-0.39, 0.29) is 12.2 Å². The van der Waals surface area contributed by atoms with Crippen molar-refractivity contribution in [3.05, 3.63) is 69.3 Å². The Bertz CT molecular complexity index is 1210. The Morgan fingerprint density at radius 3 is 2.70 bits per heavy atom. The summed E-state index contributed by atoms with van der Waals surface area (Å²) in [5, 5.41) is 5.37. The molecule has 0 radical (unpaired) electrons.